The highest BCUT2D eigenvalue weighted by molar-refractivity contribution is 7.18. The van der Waals surface area contributed by atoms with Crippen molar-refractivity contribution in [3.63, 3.8) is 0 Å². The number of aromatic nitrogens is 3. The van der Waals surface area contributed by atoms with Crippen molar-refractivity contribution in [3.05, 3.63) is 40.3 Å². The molecule has 0 spiro atoms. The number of amides is 1. The highest BCUT2D eigenvalue weighted by Gasteiger charge is 2.46. The molecule has 13 heteroatoms. The summed E-state index contributed by atoms with van der Waals surface area (Å²) in [5.74, 6) is -0.0766. The minimum Gasteiger partial charge on any atom is -0.488 e. The van der Waals surface area contributed by atoms with Gasteiger partial charge in [0.05, 0.1) is 17.7 Å². The number of ether oxygens (including phenoxy) is 3. The number of hydrogen-bond donors (Lipinski definition) is 1. The van der Waals surface area contributed by atoms with E-state index in [2.05, 4.69) is 20.5 Å². The van der Waals surface area contributed by atoms with Gasteiger partial charge < -0.3 is 19.5 Å². The molecule has 2 aromatic heterocycles. The topological polar surface area (TPSA) is 98.7 Å². The fourth-order valence-electron chi connectivity index (χ4n) is 4.11. The van der Waals surface area contributed by atoms with Crippen LogP contribution in [0.4, 0.5) is 15.0 Å². The van der Waals surface area contributed by atoms with Gasteiger partial charge in [-0.25, -0.2) is 14.2 Å². The van der Waals surface area contributed by atoms with Crippen LogP contribution in [0.1, 0.15) is 48.5 Å². The Labute approximate surface area is 247 Å². The van der Waals surface area contributed by atoms with Crippen LogP contribution in [-0.2, 0) is 9.47 Å². The molecule has 0 bridgehead atoms. The highest BCUT2D eigenvalue weighted by atomic mass is 35.5. The Morgan fingerprint density at radius 2 is 1.93 bits per heavy atom. The third-order valence-electron chi connectivity index (χ3n) is 5.75. The normalized spacial score (nSPS) is 16.9. The molecule has 1 aliphatic heterocycles. The summed E-state index contributed by atoms with van der Waals surface area (Å²) in [5, 5.41) is 13.2. The number of halogens is 3. The molecule has 4 rings (SSSR count). The molecule has 1 unspecified atom stereocenters. The molecule has 1 N–H and O–H groups in total. The van der Waals surface area contributed by atoms with Gasteiger partial charge in [0.1, 0.15) is 38.9 Å². The zero-order valence-electron chi connectivity index (χ0n) is 23.3. The summed E-state index contributed by atoms with van der Waals surface area (Å²) in [6, 6.07) is 5.83. The second-order valence-corrected chi connectivity index (χ2v) is 12.9. The van der Waals surface area contributed by atoms with E-state index in [4.69, 9.17) is 37.4 Å². The van der Waals surface area contributed by atoms with Crippen LogP contribution in [0.5, 0.6) is 5.75 Å². The summed E-state index contributed by atoms with van der Waals surface area (Å²) >= 11 is 14.0. The summed E-state index contributed by atoms with van der Waals surface area (Å²) in [5.41, 5.74) is -0.495. The molecular formula is C27H32Cl2FN5O4S. The van der Waals surface area contributed by atoms with Gasteiger partial charge in [-0.05, 0) is 66.7 Å². The van der Waals surface area contributed by atoms with Gasteiger partial charge in [-0.2, -0.15) is 0 Å². The number of carbonyl (C=O) groups excluding carboxylic acids is 1. The fourth-order valence-corrected chi connectivity index (χ4v) is 5.48. The molecule has 9 nitrogen and oxygen atoms in total. The first-order chi connectivity index (χ1) is 18.6. The summed E-state index contributed by atoms with van der Waals surface area (Å²) in [6.07, 6.45) is -0.535. The van der Waals surface area contributed by atoms with Crippen molar-refractivity contribution in [2.75, 3.05) is 18.5 Å². The lowest BCUT2D eigenvalue weighted by Crippen LogP contribution is -2.51. The van der Waals surface area contributed by atoms with Gasteiger partial charge in [-0.3, -0.25) is 4.90 Å². The summed E-state index contributed by atoms with van der Waals surface area (Å²) in [6.45, 7) is 13.1. The van der Waals surface area contributed by atoms with Gasteiger partial charge in [-0.15, -0.1) is 10.2 Å². The lowest BCUT2D eigenvalue weighted by atomic mass is 10.2. The molecule has 1 aromatic carbocycles. The number of benzene rings is 1. The molecule has 40 heavy (non-hydrogen) atoms. The lowest BCUT2D eigenvalue weighted by molar-refractivity contribution is -0.0637. The Morgan fingerprint density at radius 1 is 1.23 bits per heavy atom. The van der Waals surface area contributed by atoms with E-state index >= 15 is 4.39 Å². The average Bonchev–Trinajstić information content (AvgIpc) is 3.41. The van der Waals surface area contributed by atoms with Gasteiger partial charge in [0.15, 0.2) is 11.6 Å². The molecule has 3 aromatic rings. The van der Waals surface area contributed by atoms with E-state index in [1.165, 1.54) is 28.4 Å². The maximum absolute atomic E-state index is 15.2. The summed E-state index contributed by atoms with van der Waals surface area (Å²) in [4.78, 5) is 18.6. The van der Waals surface area contributed by atoms with Crippen LogP contribution in [-0.4, -0.2) is 62.8 Å². The fraction of sp³-hybridized carbons (Fsp3) is 0.481. The van der Waals surface area contributed by atoms with Crippen molar-refractivity contribution >= 4 is 46.4 Å². The Balaban J connectivity index is 1.51. The largest absolute Gasteiger partial charge is 0.488 e. The monoisotopic (exact) mass is 611 g/mol. The summed E-state index contributed by atoms with van der Waals surface area (Å²) < 4.78 is 32.3. The molecule has 1 atom stereocenters. The van der Waals surface area contributed by atoms with Gasteiger partial charge in [0.25, 0.3) is 0 Å². The Kier molecular flexibility index (Phi) is 8.79. The third-order valence-corrected chi connectivity index (χ3v) is 7.26. The lowest BCUT2D eigenvalue weighted by Gasteiger charge is -2.35. The average molecular weight is 613 g/mol. The molecule has 216 valence electrons. The van der Waals surface area contributed by atoms with Crippen LogP contribution in [0, 0.1) is 5.82 Å². The summed E-state index contributed by atoms with van der Waals surface area (Å²) in [7, 11) is 0. The smallest absolute Gasteiger partial charge is 0.413 e. The first-order valence-corrected chi connectivity index (χ1v) is 14.3. The van der Waals surface area contributed by atoms with Crippen LogP contribution in [0.15, 0.2) is 24.3 Å². The Hall–Kier alpha value is -2.73. The van der Waals surface area contributed by atoms with Gasteiger partial charge in [0, 0.05) is 23.2 Å². The van der Waals surface area contributed by atoms with Crippen LogP contribution in [0.2, 0.25) is 10.2 Å². The maximum Gasteiger partial charge on any atom is 0.413 e. The number of nitrogens with zero attached hydrogens (tertiary/aromatic N) is 4. The Morgan fingerprint density at radius 3 is 2.60 bits per heavy atom. The first kappa shape index (κ1) is 30.2. The highest BCUT2D eigenvalue weighted by Crippen LogP contribution is 2.38. The zero-order valence-corrected chi connectivity index (χ0v) is 25.7. The van der Waals surface area contributed by atoms with Crippen molar-refractivity contribution in [1.82, 2.24) is 20.1 Å². The molecule has 1 saturated heterocycles. The number of nitrogens with one attached hydrogen (secondary N) is 1. The van der Waals surface area contributed by atoms with Crippen molar-refractivity contribution in [2.24, 2.45) is 0 Å². The van der Waals surface area contributed by atoms with E-state index in [0.717, 1.165) is 5.56 Å². The predicted octanol–water partition coefficient (Wildman–Crippen LogP) is 7.28. The van der Waals surface area contributed by atoms with E-state index in [9.17, 15) is 4.79 Å². The standard InChI is InChI=1S/C27H32Cl2FN5O4S/c1-14(2)31-22-9-15(8-21(29)32-22)23-33-34-24(40-23)17-10-19(30)20(11-18(17)28)37-12-16-13-38-27(6,7)35(16)25(36)39-26(3,4)5/h8-11,14,16H,12-13H2,1-7H3,(H,31,32). The van der Waals surface area contributed by atoms with Crippen molar-refractivity contribution in [2.45, 2.75) is 71.9 Å². The van der Waals surface area contributed by atoms with E-state index in [1.807, 2.05) is 19.9 Å². The molecule has 0 radical (unpaired) electrons. The third kappa shape index (κ3) is 7.12. The van der Waals surface area contributed by atoms with Gasteiger partial charge in [0.2, 0.25) is 0 Å². The van der Waals surface area contributed by atoms with Crippen molar-refractivity contribution in [1.29, 1.82) is 0 Å². The van der Waals surface area contributed by atoms with Crippen LogP contribution >= 0.6 is 34.5 Å². The second kappa shape index (κ2) is 11.6. The number of pyridine rings is 1. The van der Waals surface area contributed by atoms with Crippen molar-refractivity contribution in [3.8, 4) is 26.9 Å². The van der Waals surface area contributed by atoms with E-state index in [1.54, 1.807) is 40.7 Å². The van der Waals surface area contributed by atoms with Crippen molar-refractivity contribution < 1.29 is 23.4 Å². The predicted molar refractivity (Wildman–Crippen MR) is 155 cm³/mol. The first-order valence-electron chi connectivity index (χ1n) is 12.7. The van der Waals surface area contributed by atoms with Crippen LogP contribution < -0.4 is 10.1 Å². The minimum absolute atomic E-state index is 0.0201. The number of rotatable bonds is 7. The van der Waals surface area contributed by atoms with Crippen LogP contribution in [0.25, 0.3) is 21.1 Å². The van der Waals surface area contributed by atoms with E-state index < -0.39 is 29.3 Å². The molecule has 1 aliphatic rings. The second-order valence-electron chi connectivity index (χ2n) is 11.1. The molecule has 1 amide bonds. The maximum atomic E-state index is 15.2. The quantitative estimate of drug-likeness (QED) is 0.278. The Bertz CT molecular complexity index is 1400. The van der Waals surface area contributed by atoms with E-state index in [0.29, 0.717) is 26.5 Å². The molecule has 1 fully saturated rings. The zero-order chi connectivity index (χ0) is 29.4. The SMILES string of the molecule is CC(C)Nc1cc(-c2nnc(-c3cc(F)c(OCC4COC(C)(C)N4C(=O)OC(C)(C)C)cc3Cl)s2)cc(Cl)n1. The number of hydrogen-bond acceptors (Lipinski definition) is 9. The molecular weight excluding hydrogens is 580 g/mol. The van der Waals surface area contributed by atoms with E-state index in [-0.39, 0.29) is 30.0 Å². The molecule has 0 saturated carbocycles. The van der Waals surface area contributed by atoms with Gasteiger partial charge >= 0.3 is 6.09 Å². The molecule has 0 aliphatic carbocycles. The minimum atomic E-state index is -0.906. The van der Waals surface area contributed by atoms with Gasteiger partial charge in [-0.1, -0.05) is 34.5 Å². The number of anilines is 1. The number of carbonyl (C=O) groups is 1. The van der Waals surface area contributed by atoms with Crippen LogP contribution in [0.3, 0.4) is 0 Å². The molecule has 3 heterocycles.